The number of allylic oxidation sites excluding steroid dienone is 1. The monoisotopic (exact) mass is 887 g/mol. The fourth-order valence-corrected chi connectivity index (χ4v) is 9.83. The Kier molecular flexibility index (Phi) is 12.4. The molecular weight excluding hydrogens is 838 g/mol. The predicted octanol–water partition coefficient (Wildman–Crippen LogP) is 8.68. The molecule has 0 spiro atoms. The minimum atomic E-state index is -4.43. The summed E-state index contributed by atoms with van der Waals surface area (Å²) in [5, 5.41) is 22.0. The van der Waals surface area contributed by atoms with E-state index in [9.17, 15) is 18.3 Å². The number of amides is 1. The van der Waals surface area contributed by atoms with E-state index >= 15 is 0 Å². The Morgan fingerprint density at radius 2 is 1.70 bits per heavy atom. The number of benzene rings is 3. The Balaban J connectivity index is 0.981. The zero-order valence-corrected chi connectivity index (χ0v) is 36.9. The number of halogens is 2. The first-order chi connectivity index (χ1) is 29.1. The number of H-pyrrole nitrogens is 1. The van der Waals surface area contributed by atoms with Gasteiger partial charge in [0.15, 0.2) is 11.3 Å². The molecule has 1 saturated heterocycles. The highest BCUT2D eigenvalue weighted by atomic mass is 35.5. The second-order valence-corrected chi connectivity index (χ2v) is 20.1. The van der Waals surface area contributed by atoms with Crippen LogP contribution in [0.1, 0.15) is 81.6 Å². The number of hydrogen-bond donors (Lipinski definition) is 3. The topological polar surface area (TPSA) is 163 Å². The Morgan fingerprint density at radius 3 is 2.44 bits per heavy atom. The van der Waals surface area contributed by atoms with E-state index in [1.165, 1.54) is 22.8 Å². The van der Waals surface area contributed by atoms with E-state index in [0.29, 0.717) is 36.2 Å². The molecule has 1 amide bonds. The van der Waals surface area contributed by atoms with Crippen LogP contribution in [0.3, 0.4) is 0 Å². The quantitative estimate of drug-likeness (QED) is 0.110. The Labute approximate surface area is 366 Å². The maximum absolute atomic E-state index is 13.9. The van der Waals surface area contributed by atoms with Crippen molar-refractivity contribution in [2.24, 2.45) is 11.3 Å². The zero-order valence-electron chi connectivity index (χ0n) is 34.6. The molecule has 0 atom stereocenters. The van der Waals surface area contributed by atoms with Gasteiger partial charge in [0, 0.05) is 49.5 Å². The van der Waals surface area contributed by atoms with Crippen molar-refractivity contribution in [2.75, 3.05) is 44.2 Å². The largest absolute Gasteiger partial charge is 0.476 e. The Morgan fingerprint density at radius 1 is 0.951 bits per heavy atom. The van der Waals surface area contributed by atoms with Gasteiger partial charge in [-0.3, -0.25) is 9.69 Å². The molecule has 322 valence electrons. The molecule has 8 rings (SSSR count). The number of rotatable bonds is 12. The minimum absolute atomic E-state index is 0.00110. The lowest BCUT2D eigenvalue weighted by molar-refractivity contribution is 0.00127. The van der Waals surface area contributed by atoms with Gasteiger partial charge in [0.25, 0.3) is 15.9 Å². The number of sulfonamides is 1. The van der Waals surface area contributed by atoms with Crippen LogP contribution in [0.2, 0.25) is 10.0 Å². The molecule has 3 heterocycles. The maximum atomic E-state index is 13.9. The number of nitrogens with zero attached hydrogens (tertiary/aromatic N) is 5. The normalized spacial score (nSPS) is 21.1. The van der Waals surface area contributed by atoms with Gasteiger partial charge in [-0.1, -0.05) is 60.8 Å². The number of hydrogen-bond acceptors (Lipinski definition) is 11. The number of carbonyl (C=O) groups excluding carboxylic acids is 1. The van der Waals surface area contributed by atoms with Crippen molar-refractivity contribution < 1.29 is 27.8 Å². The molecule has 1 saturated carbocycles. The third-order valence-corrected chi connectivity index (χ3v) is 14.0. The summed E-state index contributed by atoms with van der Waals surface area (Å²) in [6.45, 7) is 10.9. The number of nitrogens with one attached hydrogen (secondary N) is 2. The van der Waals surface area contributed by atoms with Gasteiger partial charge in [-0.05, 0) is 117 Å². The number of aliphatic hydroxyl groups is 1. The molecule has 5 aromatic rings. The molecule has 2 aromatic heterocycles. The highest BCUT2D eigenvalue weighted by Gasteiger charge is 2.31. The standard InChI is InChI=1S/C45H51Cl2N7O6S/c1-44(2)16-15-31(36(25-44)30-7-9-32(46)10-8-30)27-53-19-21-54(22-20-53)33-11-12-35(40(23-33)60-39-6-4-5-38-41(39)50-52-49-38)42(55)51-61(57,58)34-24-37(47)43(48-26-34)59-28-29-13-17-45(3,56)18-14-29/h4-12,23-24,26,29,56H,13-22,25,27-28H2,1-3H3,(H,51,55)(H,49,50,52). The van der Waals surface area contributed by atoms with Crippen LogP contribution in [-0.4, -0.2) is 89.7 Å². The van der Waals surface area contributed by atoms with Crippen LogP contribution in [0.15, 0.2) is 83.4 Å². The van der Waals surface area contributed by atoms with E-state index in [-0.39, 0.29) is 38.4 Å². The molecule has 13 nitrogen and oxygen atoms in total. The molecule has 16 heteroatoms. The van der Waals surface area contributed by atoms with Gasteiger partial charge in [0.05, 0.1) is 24.0 Å². The first-order valence-corrected chi connectivity index (χ1v) is 23.0. The maximum Gasteiger partial charge on any atom is 0.268 e. The highest BCUT2D eigenvalue weighted by molar-refractivity contribution is 7.90. The molecule has 0 unspecified atom stereocenters. The third kappa shape index (κ3) is 10.2. The number of aromatic amines is 1. The fraction of sp³-hybridized carbons (Fsp3) is 0.422. The van der Waals surface area contributed by atoms with E-state index in [1.54, 1.807) is 30.3 Å². The van der Waals surface area contributed by atoms with Crippen LogP contribution in [0.25, 0.3) is 16.6 Å². The van der Waals surface area contributed by atoms with E-state index < -0.39 is 21.5 Å². The molecule has 0 radical (unpaired) electrons. The molecule has 1 aliphatic heterocycles. The number of piperazine rings is 1. The highest BCUT2D eigenvalue weighted by Crippen LogP contribution is 2.44. The summed E-state index contributed by atoms with van der Waals surface area (Å²) in [6, 6.07) is 19.8. The molecule has 2 aliphatic carbocycles. The van der Waals surface area contributed by atoms with Crippen molar-refractivity contribution in [1.29, 1.82) is 0 Å². The number of fused-ring (bicyclic) bond motifs is 1. The summed E-state index contributed by atoms with van der Waals surface area (Å²) in [6.07, 6.45) is 7.27. The number of anilines is 1. The Hall–Kier alpha value is -4.73. The SMILES string of the molecule is CC1(C)CCC(CN2CCN(c3ccc(C(=O)NS(=O)(=O)c4cnc(OCC5CCC(C)(O)CC5)c(Cl)c4)c(Oc4cccc5n[nH]nc45)c3)CC2)=C(c2ccc(Cl)cc2)C1. The molecule has 61 heavy (non-hydrogen) atoms. The van der Waals surface area contributed by atoms with Crippen LogP contribution in [0.4, 0.5) is 5.69 Å². The molecule has 0 bridgehead atoms. The van der Waals surface area contributed by atoms with E-state index in [0.717, 1.165) is 81.7 Å². The second-order valence-electron chi connectivity index (χ2n) is 17.6. The molecule has 2 fully saturated rings. The molecule has 3 N–H and O–H groups in total. The van der Waals surface area contributed by atoms with Crippen LogP contribution in [-0.2, 0) is 10.0 Å². The van der Waals surface area contributed by atoms with Crippen molar-refractivity contribution in [2.45, 2.75) is 76.2 Å². The Bertz CT molecular complexity index is 2540. The lowest BCUT2D eigenvalue weighted by Gasteiger charge is -2.39. The van der Waals surface area contributed by atoms with Crippen LogP contribution in [0.5, 0.6) is 17.4 Å². The average Bonchev–Trinajstić information content (AvgIpc) is 3.72. The van der Waals surface area contributed by atoms with Gasteiger partial charge in [-0.25, -0.2) is 18.1 Å². The van der Waals surface area contributed by atoms with Gasteiger partial charge >= 0.3 is 0 Å². The predicted molar refractivity (Wildman–Crippen MR) is 237 cm³/mol. The molecule has 3 aliphatic rings. The first-order valence-electron chi connectivity index (χ1n) is 20.7. The minimum Gasteiger partial charge on any atom is -0.476 e. The number of pyridine rings is 1. The smallest absolute Gasteiger partial charge is 0.268 e. The molecule has 3 aromatic carbocycles. The first kappa shape index (κ1) is 42.9. The van der Waals surface area contributed by atoms with Crippen molar-refractivity contribution >= 4 is 61.4 Å². The lowest BCUT2D eigenvalue weighted by atomic mass is 9.72. The van der Waals surface area contributed by atoms with Crippen LogP contribution in [0, 0.1) is 11.3 Å². The van der Waals surface area contributed by atoms with Crippen LogP contribution < -0.4 is 19.1 Å². The average molecular weight is 889 g/mol. The zero-order chi connectivity index (χ0) is 42.9. The number of para-hydroxylation sites is 1. The summed E-state index contributed by atoms with van der Waals surface area (Å²) in [4.78, 5) is 22.5. The van der Waals surface area contributed by atoms with Crippen molar-refractivity contribution in [3.8, 4) is 17.4 Å². The summed E-state index contributed by atoms with van der Waals surface area (Å²) in [7, 11) is -4.43. The third-order valence-electron chi connectivity index (χ3n) is 12.2. The second kappa shape index (κ2) is 17.6. The number of carbonyl (C=O) groups is 1. The lowest BCUT2D eigenvalue weighted by Crippen LogP contribution is -2.47. The summed E-state index contributed by atoms with van der Waals surface area (Å²) >= 11 is 12.7. The van der Waals surface area contributed by atoms with Gasteiger partial charge < -0.3 is 19.5 Å². The summed E-state index contributed by atoms with van der Waals surface area (Å²) in [5.41, 5.74) is 5.55. The van der Waals surface area contributed by atoms with Gasteiger partial charge in [0.2, 0.25) is 5.88 Å². The number of ether oxygens (including phenoxy) is 2. The van der Waals surface area contributed by atoms with E-state index in [4.69, 9.17) is 32.7 Å². The van der Waals surface area contributed by atoms with E-state index in [1.807, 2.05) is 25.1 Å². The van der Waals surface area contributed by atoms with Crippen molar-refractivity contribution in [1.82, 2.24) is 30.0 Å². The summed E-state index contributed by atoms with van der Waals surface area (Å²) in [5.74, 6) is -0.0954. The van der Waals surface area contributed by atoms with Gasteiger partial charge in [0.1, 0.15) is 21.2 Å². The summed E-state index contributed by atoms with van der Waals surface area (Å²) < 4.78 is 41.6. The number of aromatic nitrogens is 4. The molecular formula is C45H51Cl2N7O6S. The van der Waals surface area contributed by atoms with E-state index in [2.05, 4.69) is 60.9 Å². The van der Waals surface area contributed by atoms with Crippen LogP contribution >= 0.6 is 23.2 Å². The van der Waals surface area contributed by atoms with Crippen molar-refractivity contribution in [3.63, 3.8) is 0 Å². The van der Waals surface area contributed by atoms with Gasteiger partial charge in [-0.2, -0.15) is 15.4 Å². The van der Waals surface area contributed by atoms with Crippen molar-refractivity contribution in [3.05, 3.63) is 99.7 Å². The van der Waals surface area contributed by atoms with Gasteiger partial charge in [-0.15, -0.1) is 0 Å². The fourth-order valence-electron chi connectivity index (χ4n) is 8.48.